The highest BCUT2D eigenvalue weighted by molar-refractivity contribution is 7.09. The van der Waals surface area contributed by atoms with Gasteiger partial charge in [-0.1, -0.05) is 0 Å². The largest absolute Gasteiger partial charge is 0.383 e. The lowest BCUT2D eigenvalue weighted by Crippen LogP contribution is -2.15. The second-order valence-corrected chi connectivity index (χ2v) is 4.09. The first-order chi connectivity index (χ1) is 5.54. The van der Waals surface area contributed by atoms with E-state index in [1.54, 1.807) is 13.8 Å². The van der Waals surface area contributed by atoms with E-state index < -0.39 is 5.60 Å². The molecule has 0 aliphatic carbocycles. The van der Waals surface area contributed by atoms with E-state index in [2.05, 4.69) is 10.3 Å². The first-order valence-corrected chi connectivity index (χ1v) is 4.74. The first kappa shape index (κ1) is 12.8. The van der Waals surface area contributed by atoms with Gasteiger partial charge in [0, 0.05) is 11.9 Å². The van der Waals surface area contributed by atoms with Crippen LogP contribution in [-0.4, -0.2) is 17.1 Å². The third-order valence-corrected chi connectivity index (χ3v) is 2.64. The summed E-state index contributed by atoms with van der Waals surface area (Å²) in [6.07, 6.45) is 0. The van der Waals surface area contributed by atoms with Crippen molar-refractivity contribution in [3.63, 3.8) is 0 Å². The Hall–Kier alpha value is -0.160. The van der Waals surface area contributed by atoms with Crippen molar-refractivity contribution >= 4 is 23.7 Å². The maximum absolute atomic E-state index is 9.60. The van der Waals surface area contributed by atoms with Gasteiger partial charge in [0.15, 0.2) is 0 Å². The Morgan fingerprint density at radius 2 is 2.23 bits per heavy atom. The summed E-state index contributed by atoms with van der Waals surface area (Å²) >= 11 is 1.50. The Morgan fingerprint density at radius 1 is 1.62 bits per heavy atom. The molecule has 0 aromatic carbocycles. The minimum Gasteiger partial charge on any atom is -0.383 e. The number of aliphatic hydroxyl groups is 1. The summed E-state index contributed by atoms with van der Waals surface area (Å²) in [5, 5.41) is 15.3. The molecule has 0 aliphatic heterocycles. The van der Waals surface area contributed by atoms with Gasteiger partial charge in [0.2, 0.25) is 0 Å². The molecule has 1 aromatic heterocycles. The fourth-order valence-corrected chi connectivity index (χ4v) is 1.69. The zero-order valence-electron chi connectivity index (χ0n) is 8.00. The zero-order valence-corrected chi connectivity index (χ0v) is 9.63. The molecule has 0 saturated heterocycles. The van der Waals surface area contributed by atoms with Crippen LogP contribution in [0.4, 0.5) is 0 Å². The normalized spacial score (nSPS) is 11.1. The van der Waals surface area contributed by atoms with E-state index in [0.717, 1.165) is 17.2 Å². The Morgan fingerprint density at radius 3 is 2.62 bits per heavy atom. The quantitative estimate of drug-likeness (QED) is 0.815. The Balaban J connectivity index is 0.00000144. The van der Waals surface area contributed by atoms with Crippen LogP contribution in [0.5, 0.6) is 0 Å². The standard InChI is InChI=1S/C8H14N2OS.ClH/c1-8(2,11)7-10-6(4-9-3)5-12-7;/h5,9,11H,4H2,1-3H3;1H. The van der Waals surface area contributed by atoms with Gasteiger partial charge in [-0.25, -0.2) is 4.98 Å². The number of aromatic nitrogens is 1. The molecule has 0 aliphatic rings. The topological polar surface area (TPSA) is 45.1 Å². The second-order valence-electron chi connectivity index (χ2n) is 3.23. The fraction of sp³-hybridized carbons (Fsp3) is 0.625. The molecule has 0 amide bonds. The highest BCUT2D eigenvalue weighted by atomic mass is 35.5. The van der Waals surface area contributed by atoms with Crippen LogP contribution in [0, 0.1) is 0 Å². The van der Waals surface area contributed by atoms with Gasteiger partial charge >= 0.3 is 0 Å². The molecule has 0 spiro atoms. The van der Waals surface area contributed by atoms with Crippen molar-refractivity contribution in [3.8, 4) is 0 Å². The minimum absolute atomic E-state index is 0. The molecule has 0 saturated carbocycles. The van der Waals surface area contributed by atoms with Crippen molar-refractivity contribution in [2.75, 3.05) is 7.05 Å². The lowest BCUT2D eigenvalue weighted by Gasteiger charge is -2.12. The van der Waals surface area contributed by atoms with Gasteiger partial charge < -0.3 is 10.4 Å². The monoisotopic (exact) mass is 222 g/mol. The van der Waals surface area contributed by atoms with Gasteiger partial charge in [-0.3, -0.25) is 0 Å². The summed E-state index contributed by atoms with van der Waals surface area (Å²) in [6.45, 7) is 4.25. The van der Waals surface area contributed by atoms with Crippen molar-refractivity contribution in [2.45, 2.75) is 26.0 Å². The van der Waals surface area contributed by atoms with E-state index in [9.17, 15) is 5.11 Å². The number of nitrogens with zero attached hydrogens (tertiary/aromatic N) is 1. The second kappa shape index (κ2) is 4.91. The number of hydrogen-bond donors (Lipinski definition) is 2. The number of halogens is 1. The van der Waals surface area contributed by atoms with Crippen molar-refractivity contribution in [2.24, 2.45) is 0 Å². The lowest BCUT2D eigenvalue weighted by molar-refractivity contribution is 0.0781. The Labute approximate surface area is 88.6 Å². The molecule has 1 rings (SSSR count). The van der Waals surface area contributed by atoms with E-state index in [-0.39, 0.29) is 12.4 Å². The van der Waals surface area contributed by atoms with Crippen LogP contribution in [0.15, 0.2) is 5.38 Å². The SMILES string of the molecule is CNCc1csc(C(C)(C)O)n1.Cl. The zero-order chi connectivity index (χ0) is 9.19. The van der Waals surface area contributed by atoms with Gasteiger partial charge in [-0.15, -0.1) is 23.7 Å². The lowest BCUT2D eigenvalue weighted by atomic mass is 10.2. The predicted molar refractivity (Wildman–Crippen MR) is 57.4 cm³/mol. The van der Waals surface area contributed by atoms with Crippen LogP contribution in [0.25, 0.3) is 0 Å². The molecular formula is C8H15ClN2OS. The van der Waals surface area contributed by atoms with Crippen molar-refractivity contribution < 1.29 is 5.11 Å². The number of nitrogens with one attached hydrogen (secondary N) is 1. The van der Waals surface area contributed by atoms with Crippen molar-refractivity contribution in [1.82, 2.24) is 10.3 Å². The van der Waals surface area contributed by atoms with Gasteiger partial charge in [0.25, 0.3) is 0 Å². The summed E-state index contributed by atoms with van der Waals surface area (Å²) in [4.78, 5) is 4.28. The fourth-order valence-electron chi connectivity index (χ4n) is 0.850. The van der Waals surface area contributed by atoms with E-state index in [1.165, 1.54) is 11.3 Å². The van der Waals surface area contributed by atoms with E-state index in [4.69, 9.17) is 0 Å². The predicted octanol–water partition coefficient (Wildman–Crippen LogP) is 1.51. The van der Waals surface area contributed by atoms with Crippen LogP contribution >= 0.6 is 23.7 Å². The smallest absolute Gasteiger partial charge is 0.124 e. The highest BCUT2D eigenvalue weighted by Gasteiger charge is 2.19. The molecule has 5 heteroatoms. The summed E-state index contributed by atoms with van der Waals surface area (Å²) < 4.78 is 0. The van der Waals surface area contributed by atoms with Crippen LogP contribution in [0.3, 0.4) is 0 Å². The summed E-state index contributed by atoms with van der Waals surface area (Å²) in [5.74, 6) is 0. The van der Waals surface area contributed by atoms with Gasteiger partial charge in [-0.05, 0) is 20.9 Å². The molecule has 76 valence electrons. The maximum Gasteiger partial charge on any atom is 0.124 e. The number of thiazole rings is 1. The van der Waals surface area contributed by atoms with Crippen LogP contribution in [-0.2, 0) is 12.1 Å². The summed E-state index contributed by atoms with van der Waals surface area (Å²) in [5.41, 5.74) is 0.177. The summed E-state index contributed by atoms with van der Waals surface area (Å²) in [6, 6.07) is 0. The average molecular weight is 223 g/mol. The molecule has 0 fully saturated rings. The van der Waals surface area contributed by atoms with Crippen LogP contribution < -0.4 is 5.32 Å². The summed E-state index contributed by atoms with van der Waals surface area (Å²) in [7, 11) is 1.88. The highest BCUT2D eigenvalue weighted by Crippen LogP contribution is 2.23. The molecule has 1 aromatic rings. The van der Waals surface area contributed by atoms with E-state index in [0.29, 0.717) is 0 Å². The average Bonchev–Trinajstić information content (AvgIpc) is 2.35. The Bertz CT molecular complexity index is 257. The molecule has 0 radical (unpaired) electrons. The van der Waals surface area contributed by atoms with Crippen molar-refractivity contribution in [1.29, 1.82) is 0 Å². The number of rotatable bonds is 3. The molecular weight excluding hydrogens is 208 g/mol. The van der Waals surface area contributed by atoms with E-state index in [1.807, 2.05) is 12.4 Å². The van der Waals surface area contributed by atoms with Crippen LogP contribution in [0.1, 0.15) is 24.5 Å². The maximum atomic E-state index is 9.60. The molecule has 0 atom stereocenters. The number of hydrogen-bond acceptors (Lipinski definition) is 4. The molecule has 2 N–H and O–H groups in total. The Kier molecular flexibility index (Phi) is 4.85. The first-order valence-electron chi connectivity index (χ1n) is 3.86. The third-order valence-electron chi connectivity index (χ3n) is 1.43. The third kappa shape index (κ3) is 3.60. The van der Waals surface area contributed by atoms with Crippen LogP contribution in [0.2, 0.25) is 0 Å². The molecule has 13 heavy (non-hydrogen) atoms. The van der Waals surface area contributed by atoms with E-state index >= 15 is 0 Å². The molecule has 1 heterocycles. The van der Waals surface area contributed by atoms with Gasteiger partial charge in [0.1, 0.15) is 10.6 Å². The minimum atomic E-state index is -0.809. The van der Waals surface area contributed by atoms with Gasteiger partial charge in [0.05, 0.1) is 5.69 Å². The van der Waals surface area contributed by atoms with Crippen molar-refractivity contribution in [3.05, 3.63) is 16.1 Å². The molecule has 0 bridgehead atoms. The molecule has 0 unspecified atom stereocenters. The van der Waals surface area contributed by atoms with Gasteiger partial charge in [-0.2, -0.15) is 0 Å². The molecule has 3 nitrogen and oxygen atoms in total.